The highest BCUT2D eigenvalue weighted by Gasteiger charge is 2.20. The van der Waals surface area contributed by atoms with E-state index >= 15 is 0 Å². The molecule has 3 nitrogen and oxygen atoms in total. The molecule has 0 bridgehead atoms. The van der Waals surface area contributed by atoms with Crippen molar-refractivity contribution in [2.75, 3.05) is 6.61 Å². The van der Waals surface area contributed by atoms with Gasteiger partial charge in [-0.2, -0.15) is 0 Å². The number of rotatable bonds is 5. The molecule has 3 heteroatoms. The average Bonchev–Trinajstić information content (AvgIpc) is 2.43. The van der Waals surface area contributed by atoms with Gasteiger partial charge in [-0.05, 0) is 31.5 Å². The first-order valence-electron chi connectivity index (χ1n) is 6.55. The summed E-state index contributed by atoms with van der Waals surface area (Å²) < 4.78 is 5.59. The molecule has 2 rings (SSSR count). The zero-order valence-corrected chi connectivity index (χ0v) is 11.7. The van der Waals surface area contributed by atoms with Gasteiger partial charge in [0.2, 0.25) is 0 Å². The number of ether oxygens (including phenoxy) is 1. The van der Waals surface area contributed by atoms with Crippen LogP contribution < -0.4 is 4.74 Å². The van der Waals surface area contributed by atoms with Crippen LogP contribution in [0.1, 0.15) is 22.6 Å². The quantitative estimate of drug-likeness (QED) is 0.903. The van der Waals surface area contributed by atoms with E-state index in [1.807, 2.05) is 62.4 Å². The monoisotopic (exact) mass is 270 g/mol. The van der Waals surface area contributed by atoms with Crippen molar-refractivity contribution in [2.45, 2.75) is 19.8 Å². The van der Waals surface area contributed by atoms with Gasteiger partial charge in [0.15, 0.2) is 0 Å². The summed E-state index contributed by atoms with van der Waals surface area (Å²) in [5.74, 6) is -0.841. The number of hydrogen-bond acceptors (Lipinski definition) is 2. The minimum atomic E-state index is -0.874. The Morgan fingerprint density at radius 3 is 2.00 bits per heavy atom. The normalized spacial score (nSPS) is 11.9. The SMILES string of the molecule is Cc1ccc(OCC(C(=O)O)c2ccc(C)cc2)cc1. The van der Waals surface area contributed by atoms with Gasteiger partial charge in [0.25, 0.3) is 0 Å². The Bertz CT molecular complexity index is 570. The molecule has 2 aromatic rings. The smallest absolute Gasteiger partial charge is 0.314 e. The predicted octanol–water partition coefficient (Wildman–Crippen LogP) is 3.55. The number of aryl methyl sites for hydroxylation is 2. The molecule has 0 fully saturated rings. The zero-order valence-electron chi connectivity index (χ0n) is 11.7. The molecule has 0 aliphatic heterocycles. The van der Waals surface area contributed by atoms with Crippen molar-refractivity contribution < 1.29 is 14.6 Å². The van der Waals surface area contributed by atoms with Gasteiger partial charge >= 0.3 is 5.97 Å². The van der Waals surface area contributed by atoms with Gasteiger partial charge in [-0.25, -0.2) is 0 Å². The maximum absolute atomic E-state index is 11.4. The van der Waals surface area contributed by atoms with Gasteiger partial charge in [-0.3, -0.25) is 4.79 Å². The highest BCUT2D eigenvalue weighted by atomic mass is 16.5. The molecule has 0 aromatic heterocycles. The Morgan fingerprint density at radius 1 is 1.00 bits per heavy atom. The highest BCUT2D eigenvalue weighted by Crippen LogP contribution is 2.20. The van der Waals surface area contributed by atoms with E-state index in [1.165, 1.54) is 0 Å². The molecule has 1 atom stereocenters. The molecule has 0 radical (unpaired) electrons. The first kappa shape index (κ1) is 14.1. The van der Waals surface area contributed by atoms with Gasteiger partial charge in [-0.1, -0.05) is 47.5 Å². The van der Waals surface area contributed by atoms with E-state index in [0.29, 0.717) is 5.75 Å². The molecule has 0 aliphatic carbocycles. The number of aliphatic carboxylic acids is 1. The minimum absolute atomic E-state index is 0.126. The van der Waals surface area contributed by atoms with Crippen LogP contribution in [0.15, 0.2) is 48.5 Å². The zero-order chi connectivity index (χ0) is 14.5. The predicted molar refractivity (Wildman–Crippen MR) is 78.2 cm³/mol. The highest BCUT2D eigenvalue weighted by molar-refractivity contribution is 5.76. The summed E-state index contributed by atoms with van der Waals surface area (Å²) in [7, 11) is 0. The number of carboxylic acids is 1. The van der Waals surface area contributed by atoms with Crippen molar-refractivity contribution in [3.05, 3.63) is 65.2 Å². The van der Waals surface area contributed by atoms with E-state index in [1.54, 1.807) is 0 Å². The number of benzene rings is 2. The van der Waals surface area contributed by atoms with E-state index < -0.39 is 11.9 Å². The van der Waals surface area contributed by atoms with Crippen LogP contribution in [0.5, 0.6) is 5.75 Å². The summed E-state index contributed by atoms with van der Waals surface area (Å²) in [6.07, 6.45) is 0. The number of carbonyl (C=O) groups is 1. The Morgan fingerprint density at radius 2 is 1.50 bits per heavy atom. The molecular weight excluding hydrogens is 252 g/mol. The maximum Gasteiger partial charge on any atom is 0.314 e. The lowest BCUT2D eigenvalue weighted by Crippen LogP contribution is -2.19. The molecule has 2 aromatic carbocycles. The van der Waals surface area contributed by atoms with Crippen LogP contribution in [0.3, 0.4) is 0 Å². The van der Waals surface area contributed by atoms with Gasteiger partial charge in [0, 0.05) is 0 Å². The third-order valence-electron chi connectivity index (χ3n) is 3.22. The first-order valence-corrected chi connectivity index (χ1v) is 6.55. The Balaban J connectivity index is 2.08. The summed E-state index contributed by atoms with van der Waals surface area (Å²) in [5.41, 5.74) is 3.01. The van der Waals surface area contributed by atoms with E-state index in [9.17, 15) is 9.90 Å². The molecule has 0 saturated carbocycles. The average molecular weight is 270 g/mol. The van der Waals surface area contributed by atoms with Crippen molar-refractivity contribution in [1.29, 1.82) is 0 Å². The largest absolute Gasteiger partial charge is 0.492 e. The third kappa shape index (κ3) is 3.60. The molecule has 0 saturated heterocycles. The van der Waals surface area contributed by atoms with E-state index in [2.05, 4.69) is 0 Å². The number of carboxylic acid groups (broad SMARTS) is 1. The van der Waals surface area contributed by atoms with Crippen molar-refractivity contribution in [1.82, 2.24) is 0 Å². The molecule has 0 amide bonds. The van der Waals surface area contributed by atoms with E-state index in [-0.39, 0.29) is 6.61 Å². The fraction of sp³-hybridized carbons (Fsp3) is 0.235. The molecule has 104 valence electrons. The third-order valence-corrected chi connectivity index (χ3v) is 3.22. The summed E-state index contributed by atoms with van der Waals surface area (Å²) in [4.78, 5) is 11.4. The second-order valence-corrected chi connectivity index (χ2v) is 4.93. The van der Waals surface area contributed by atoms with Crippen molar-refractivity contribution in [2.24, 2.45) is 0 Å². The Labute approximate surface area is 118 Å². The molecule has 1 unspecified atom stereocenters. The fourth-order valence-electron chi connectivity index (χ4n) is 1.92. The van der Waals surface area contributed by atoms with Crippen molar-refractivity contribution >= 4 is 5.97 Å². The van der Waals surface area contributed by atoms with Gasteiger partial charge in [0.1, 0.15) is 18.3 Å². The molecule has 0 heterocycles. The topological polar surface area (TPSA) is 46.5 Å². The van der Waals surface area contributed by atoms with E-state index in [4.69, 9.17) is 4.74 Å². The van der Waals surface area contributed by atoms with Crippen LogP contribution in [-0.2, 0) is 4.79 Å². The Kier molecular flexibility index (Phi) is 4.41. The summed E-state index contributed by atoms with van der Waals surface area (Å²) in [5, 5.41) is 9.34. The minimum Gasteiger partial charge on any atom is -0.492 e. The molecule has 1 N–H and O–H groups in total. The van der Waals surface area contributed by atoms with Crippen LogP contribution in [0.4, 0.5) is 0 Å². The van der Waals surface area contributed by atoms with Crippen molar-refractivity contribution in [3.63, 3.8) is 0 Å². The van der Waals surface area contributed by atoms with Crippen LogP contribution in [-0.4, -0.2) is 17.7 Å². The molecule has 0 spiro atoms. The summed E-state index contributed by atoms with van der Waals surface area (Å²) in [6, 6.07) is 15.1. The molecule has 20 heavy (non-hydrogen) atoms. The second kappa shape index (κ2) is 6.24. The van der Waals surface area contributed by atoms with Gasteiger partial charge < -0.3 is 9.84 Å². The standard InChI is InChI=1S/C17H18O3/c1-12-3-7-14(8-4-12)16(17(18)19)11-20-15-9-5-13(2)6-10-15/h3-10,16H,11H2,1-2H3,(H,18,19). The van der Waals surface area contributed by atoms with Gasteiger partial charge in [-0.15, -0.1) is 0 Å². The fourth-order valence-corrected chi connectivity index (χ4v) is 1.92. The number of hydrogen-bond donors (Lipinski definition) is 1. The molecule has 0 aliphatic rings. The maximum atomic E-state index is 11.4. The first-order chi connectivity index (χ1) is 9.56. The van der Waals surface area contributed by atoms with E-state index in [0.717, 1.165) is 16.7 Å². The molecular formula is C17H18O3. The van der Waals surface area contributed by atoms with Crippen LogP contribution in [0.25, 0.3) is 0 Å². The van der Waals surface area contributed by atoms with Crippen LogP contribution >= 0.6 is 0 Å². The van der Waals surface area contributed by atoms with Crippen LogP contribution in [0, 0.1) is 13.8 Å². The summed E-state index contributed by atoms with van der Waals surface area (Å²) >= 11 is 0. The summed E-state index contributed by atoms with van der Waals surface area (Å²) in [6.45, 7) is 4.10. The lowest BCUT2D eigenvalue weighted by molar-refractivity contribution is -0.139. The lowest BCUT2D eigenvalue weighted by atomic mass is 9.99. The van der Waals surface area contributed by atoms with Gasteiger partial charge in [0.05, 0.1) is 0 Å². The van der Waals surface area contributed by atoms with Crippen LogP contribution in [0.2, 0.25) is 0 Å². The van der Waals surface area contributed by atoms with Crippen molar-refractivity contribution in [3.8, 4) is 5.75 Å². The lowest BCUT2D eigenvalue weighted by Gasteiger charge is -2.14. The Hall–Kier alpha value is -2.29. The second-order valence-electron chi connectivity index (χ2n) is 4.93.